The van der Waals surface area contributed by atoms with Crippen LogP contribution in [0.25, 0.3) is 0 Å². The standard InChI is InChI=1S/C13H15N5O/c1-8-5-17-10(6-16-8)7-18-9-2-3-12(14)11(4-9)13(15)19/h2-6,18H,7,14H2,1H3,(H2,15,19). The Morgan fingerprint density at radius 1 is 1.32 bits per heavy atom. The van der Waals surface area contributed by atoms with Crippen LogP contribution >= 0.6 is 0 Å². The Morgan fingerprint density at radius 2 is 2.11 bits per heavy atom. The van der Waals surface area contributed by atoms with Crippen molar-refractivity contribution in [1.29, 1.82) is 0 Å². The zero-order chi connectivity index (χ0) is 13.8. The largest absolute Gasteiger partial charge is 0.398 e. The van der Waals surface area contributed by atoms with Crippen LogP contribution in [-0.2, 0) is 6.54 Å². The van der Waals surface area contributed by atoms with Gasteiger partial charge in [0.15, 0.2) is 0 Å². The van der Waals surface area contributed by atoms with Gasteiger partial charge in [-0.05, 0) is 25.1 Å². The first kappa shape index (κ1) is 12.8. The van der Waals surface area contributed by atoms with E-state index in [4.69, 9.17) is 11.5 Å². The molecule has 0 bridgehead atoms. The summed E-state index contributed by atoms with van der Waals surface area (Å²) < 4.78 is 0. The van der Waals surface area contributed by atoms with Gasteiger partial charge in [-0.2, -0.15) is 0 Å². The summed E-state index contributed by atoms with van der Waals surface area (Å²) in [6.45, 7) is 2.39. The highest BCUT2D eigenvalue weighted by molar-refractivity contribution is 5.98. The van der Waals surface area contributed by atoms with Gasteiger partial charge in [0.2, 0.25) is 0 Å². The monoisotopic (exact) mass is 257 g/mol. The Morgan fingerprint density at radius 3 is 2.74 bits per heavy atom. The number of benzene rings is 1. The first-order valence-electron chi connectivity index (χ1n) is 5.77. The summed E-state index contributed by atoms with van der Waals surface area (Å²) in [5, 5.41) is 3.14. The number of nitrogens with zero attached hydrogens (tertiary/aromatic N) is 2. The van der Waals surface area contributed by atoms with Gasteiger partial charge in [-0.1, -0.05) is 0 Å². The number of primary amides is 1. The molecule has 0 fully saturated rings. The first-order chi connectivity index (χ1) is 9.06. The lowest BCUT2D eigenvalue weighted by molar-refractivity contribution is 0.100. The molecule has 6 heteroatoms. The molecule has 0 saturated carbocycles. The summed E-state index contributed by atoms with van der Waals surface area (Å²) in [7, 11) is 0. The lowest BCUT2D eigenvalue weighted by Crippen LogP contribution is -2.14. The predicted molar refractivity (Wildman–Crippen MR) is 73.5 cm³/mol. The lowest BCUT2D eigenvalue weighted by atomic mass is 10.1. The van der Waals surface area contributed by atoms with E-state index in [-0.39, 0.29) is 0 Å². The predicted octanol–water partition coefficient (Wildman–Crippen LogP) is 1.08. The average molecular weight is 257 g/mol. The van der Waals surface area contributed by atoms with E-state index in [0.717, 1.165) is 17.1 Å². The number of hydrogen-bond donors (Lipinski definition) is 3. The fourth-order valence-electron chi connectivity index (χ4n) is 1.58. The van der Waals surface area contributed by atoms with Crippen molar-refractivity contribution in [3.63, 3.8) is 0 Å². The Balaban J connectivity index is 2.09. The van der Waals surface area contributed by atoms with Gasteiger partial charge in [-0.15, -0.1) is 0 Å². The fourth-order valence-corrected chi connectivity index (χ4v) is 1.58. The number of hydrogen-bond acceptors (Lipinski definition) is 5. The second-order valence-electron chi connectivity index (χ2n) is 4.17. The first-order valence-corrected chi connectivity index (χ1v) is 5.77. The van der Waals surface area contributed by atoms with E-state index in [2.05, 4.69) is 15.3 Å². The Bertz CT molecular complexity index is 594. The number of nitrogen functional groups attached to an aromatic ring is 1. The van der Waals surface area contributed by atoms with Gasteiger partial charge in [0.25, 0.3) is 5.91 Å². The van der Waals surface area contributed by atoms with E-state index in [1.54, 1.807) is 30.6 Å². The average Bonchev–Trinajstić information content (AvgIpc) is 2.39. The van der Waals surface area contributed by atoms with Crippen LogP contribution in [0.4, 0.5) is 11.4 Å². The van der Waals surface area contributed by atoms with E-state index in [1.165, 1.54) is 0 Å². The number of nitrogens with one attached hydrogen (secondary N) is 1. The molecule has 1 amide bonds. The maximum Gasteiger partial charge on any atom is 0.250 e. The highest BCUT2D eigenvalue weighted by atomic mass is 16.1. The second kappa shape index (κ2) is 5.34. The molecule has 2 aromatic rings. The molecule has 0 aliphatic rings. The minimum atomic E-state index is -0.545. The number of aryl methyl sites for hydroxylation is 1. The topological polar surface area (TPSA) is 107 Å². The zero-order valence-electron chi connectivity index (χ0n) is 10.6. The number of carbonyl (C=O) groups is 1. The van der Waals surface area contributed by atoms with Crippen molar-refractivity contribution < 1.29 is 4.79 Å². The molecule has 5 N–H and O–H groups in total. The van der Waals surface area contributed by atoms with Crippen molar-refractivity contribution in [2.24, 2.45) is 5.73 Å². The Labute approximate surface area is 110 Å². The van der Waals surface area contributed by atoms with E-state index >= 15 is 0 Å². The molecule has 0 aliphatic carbocycles. The Hall–Kier alpha value is -2.63. The van der Waals surface area contributed by atoms with Crippen molar-refractivity contribution >= 4 is 17.3 Å². The van der Waals surface area contributed by atoms with E-state index < -0.39 is 5.91 Å². The molecule has 1 heterocycles. The second-order valence-corrected chi connectivity index (χ2v) is 4.17. The van der Waals surface area contributed by atoms with Crippen LogP contribution in [0.15, 0.2) is 30.6 Å². The maximum absolute atomic E-state index is 11.2. The molecule has 2 rings (SSSR count). The lowest BCUT2D eigenvalue weighted by Gasteiger charge is -2.08. The molecule has 6 nitrogen and oxygen atoms in total. The maximum atomic E-state index is 11.2. The molecule has 0 unspecified atom stereocenters. The van der Waals surface area contributed by atoms with Gasteiger partial charge in [0, 0.05) is 17.6 Å². The fraction of sp³-hybridized carbons (Fsp3) is 0.154. The molecule has 0 radical (unpaired) electrons. The summed E-state index contributed by atoms with van der Waals surface area (Å²) in [5.41, 5.74) is 14.0. The molecule has 1 aromatic heterocycles. The van der Waals surface area contributed by atoms with Crippen molar-refractivity contribution in [3.05, 3.63) is 47.5 Å². The van der Waals surface area contributed by atoms with Crippen LogP contribution in [0.5, 0.6) is 0 Å². The van der Waals surface area contributed by atoms with Gasteiger partial charge in [0.1, 0.15) is 0 Å². The third-order valence-electron chi connectivity index (χ3n) is 2.63. The number of anilines is 2. The van der Waals surface area contributed by atoms with E-state index in [0.29, 0.717) is 17.8 Å². The minimum Gasteiger partial charge on any atom is -0.398 e. The molecule has 0 spiro atoms. The smallest absolute Gasteiger partial charge is 0.250 e. The molecular formula is C13H15N5O. The minimum absolute atomic E-state index is 0.306. The molecular weight excluding hydrogens is 242 g/mol. The summed E-state index contributed by atoms with van der Waals surface area (Å²) in [5.74, 6) is -0.545. The molecule has 0 saturated heterocycles. The highest BCUT2D eigenvalue weighted by Gasteiger charge is 2.06. The van der Waals surface area contributed by atoms with Gasteiger partial charge in [-0.3, -0.25) is 14.8 Å². The molecule has 1 aromatic carbocycles. The SMILES string of the molecule is Cc1cnc(CNc2ccc(N)c(C(N)=O)c2)cn1. The summed E-state index contributed by atoms with van der Waals surface area (Å²) >= 11 is 0. The number of nitrogens with two attached hydrogens (primary N) is 2. The van der Waals surface area contributed by atoms with Crippen molar-refractivity contribution in [2.45, 2.75) is 13.5 Å². The van der Waals surface area contributed by atoms with Crippen molar-refractivity contribution in [2.75, 3.05) is 11.1 Å². The molecule has 98 valence electrons. The number of amides is 1. The normalized spacial score (nSPS) is 10.2. The summed E-state index contributed by atoms with van der Waals surface area (Å²) in [4.78, 5) is 19.6. The van der Waals surface area contributed by atoms with Gasteiger partial charge in [0.05, 0.1) is 29.7 Å². The number of rotatable bonds is 4. The third-order valence-corrected chi connectivity index (χ3v) is 2.63. The Kier molecular flexibility index (Phi) is 3.61. The number of carbonyl (C=O) groups excluding carboxylic acids is 1. The zero-order valence-corrected chi connectivity index (χ0v) is 10.6. The van der Waals surface area contributed by atoms with E-state index in [9.17, 15) is 4.79 Å². The quantitative estimate of drug-likeness (QED) is 0.710. The van der Waals surface area contributed by atoms with Crippen molar-refractivity contribution in [1.82, 2.24) is 9.97 Å². The molecule has 19 heavy (non-hydrogen) atoms. The van der Waals surface area contributed by atoms with Crippen LogP contribution in [-0.4, -0.2) is 15.9 Å². The molecule has 0 aliphatic heterocycles. The number of aromatic nitrogens is 2. The van der Waals surface area contributed by atoms with Gasteiger partial charge in [-0.25, -0.2) is 0 Å². The highest BCUT2D eigenvalue weighted by Crippen LogP contribution is 2.17. The van der Waals surface area contributed by atoms with Crippen molar-refractivity contribution in [3.8, 4) is 0 Å². The summed E-state index contributed by atoms with van der Waals surface area (Å²) in [6, 6.07) is 5.05. The van der Waals surface area contributed by atoms with Crippen LogP contribution in [0.2, 0.25) is 0 Å². The third kappa shape index (κ3) is 3.19. The van der Waals surface area contributed by atoms with Crippen LogP contribution in [0.1, 0.15) is 21.7 Å². The van der Waals surface area contributed by atoms with Gasteiger partial charge < -0.3 is 16.8 Å². The van der Waals surface area contributed by atoms with Crippen LogP contribution < -0.4 is 16.8 Å². The van der Waals surface area contributed by atoms with Crippen LogP contribution in [0.3, 0.4) is 0 Å². The van der Waals surface area contributed by atoms with E-state index in [1.807, 2.05) is 6.92 Å². The van der Waals surface area contributed by atoms with Crippen LogP contribution in [0, 0.1) is 6.92 Å². The van der Waals surface area contributed by atoms with Gasteiger partial charge >= 0.3 is 0 Å². The molecule has 0 atom stereocenters. The summed E-state index contributed by atoms with van der Waals surface area (Å²) in [6.07, 6.45) is 3.41.